The van der Waals surface area contributed by atoms with Crippen LogP contribution < -0.4 is 9.47 Å². The molecule has 0 radical (unpaired) electrons. The van der Waals surface area contributed by atoms with Gasteiger partial charge in [0.15, 0.2) is 0 Å². The van der Waals surface area contributed by atoms with Crippen LogP contribution in [0.2, 0.25) is 0 Å². The van der Waals surface area contributed by atoms with Crippen LogP contribution in [0.4, 0.5) is 0 Å². The molecule has 0 saturated carbocycles. The average molecular weight is 327 g/mol. The number of aryl methyl sites for hydroxylation is 2. The summed E-state index contributed by atoms with van der Waals surface area (Å²) < 4.78 is 11.5. The van der Waals surface area contributed by atoms with Crippen molar-refractivity contribution < 1.29 is 9.47 Å². The number of ether oxygens (including phenoxy) is 2. The topological polar surface area (TPSA) is 31.4 Å². The van der Waals surface area contributed by atoms with Gasteiger partial charge in [-0.25, -0.2) is 4.98 Å². The molecule has 0 atom stereocenters. The summed E-state index contributed by atoms with van der Waals surface area (Å²) in [6.07, 6.45) is 4.13. The number of benzene rings is 1. The van der Waals surface area contributed by atoms with E-state index in [-0.39, 0.29) is 11.5 Å². The zero-order valence-corrected chi connectivity index (χ0v) is 15.5. The van der Waals surface area contributed by atoms with Crippen LogP contribution in [0.3, 0.4) is 0 Å². The molecule has 2 aromatic rings. The van der Waals surface area contributed by atoms with Crippen LogP contribution in [0, 0.1) is 12.3 Å². The van der Waals surface area contributed by atoms with Crippen molar-refractivity contribution in [3.63, 3.8) is 0 Å². The van der Waals surface area contributed by atoms with E-state index in [4.69, 9.17) is 9.47 Å². The fourth-order valence-corrected chi connectivity index (χ4v) is 2.37. The molecule has 3 nitrogen and oxygen atoms in total. The number of pyridine rings is 1. The van der Waals surface area contributed by atoms with Crippen molar-refractivity contribution in [3.05, 3.63) is 53.7 Å². The van der Waals surface area contributed by atoms with Gasteiger partial charge < -0.3 is 9.47 Å². The number of rotatable bonds is 8. The zero-order valence-electron chi connectivity index (χ0n) is 15.5. The Morgan fingerprint density at radius 1 is 1.04 bits per heavy atom. The van der Waals surface area contributed by atoms with E-state index in [1.165, 1.54) is 5.56 Å². The van der Waals surface area contributed by atoms with E-state index in [2.05, 4.69) is 43.1 Å². The monoisotopic (exact) mass is 327 g/mol. The van der Waals surface area contributed by atoms with Crippen molar-refractivity contribution in [1.82, 2.24) is 4.98 Å². The van der Waals surface area contributed by atoms with Gasteiger partial charge in [-0.2, -0.15) is 0 Å². The molecule has 1 aromatic heterocycles. The van der Waals surface area contributed by atoms with Gasteiger partial charge in [0, 0.05) is 12.3 Å². The van der Waals surface area contributed by atoms with Gasteiger partial charge in [-0.3, -0.25) is 0 Å². The van der Waals surface area contributed by atoms with E-state index in [1.807, 2.05) is 39.1 Å². The fourth-order valence-electron chi connectivity index (χ4n) is 2.37. The van der Waals surface area contributed by atoms with E-state index in [0.29, 0.717) is 12.5 Å². The third kappa shape index (κ3) is 6.23. The molecule has 0 aliphatic carbocycles. The third-order valence-electron chi connectivity index (χ3n) is 3.88. The molecule has 0 spiro atoms. The molecule has 0 saturated heterocycles. The van der Waals surface area contributed by atoms with Gasteiger partial charge in [-0.05, 0) is 62.3 Å². The Morgan fingerprint density at radius 2 is 1.75 bits per heavy atom. The SMILES string of the molecule is Cc1ccc(OCC(C)(C)CCc2ccc(OC(C)C)cc2)nc1. The molecule has 0 fully saturated rings. The van der Waals surface area contributed by atoms with Crippen molar-refractivity contribution in [2.24, 2.45) is 5.41 Å². The summed E-state index contributed by atoms with van der Waals surface area (Å²) in [6.45, 7) is 11.2. The van der Waals surface area contributed by atoms with Gasteiger partial charge in [-0.15, -0.1) is 0 Å². The normalized spacial score (nSPS) is 11.6. The number of aromatic nitrogens is 1. The zero-order chi connectivity index (χ0) is 17.6. The van der Waals surface area contributed by atoms with E-state index in [0.717, 1.165) is 24.2 Å². The lowest BCUT2D eigenvalue weighted by Gasteiger charge is -2.24. The molecule has 0 aliphatic rings. The molecule has 0 N–H and O–H groups in total. The lowest BCUT2D eigenvalue weighted by atomic mass is 9.87. The molecule has 1 heterocycles. The quantitative estimate of drug-likeness (QED) is 0.666. The van der Waals surface area contributed by atoms with E-state index in [9.17, 15) is 0 Å². The Morgan fingerprint density at radius 3 is 2.33 bits per heavy atom. The smallest absolute Gasteiger partial charge is 0.213 e. The maximum atomic E-state index is 5.85. The maximum absolute atomic E-state index is 5.85. The summed E-state index contributed by atoms with van der Waals surface area (Å²) in [7, 11) is 0. The van der Waals surface area contributed by atoms with Gasteiger partial charge in [0.2, 0.25) is 5.88 Å². The molecular weight excluding hydrogens is 298 g/mol. The molecule has 24 heavy (non-hydrogen) atoms. The molecule has 0 aliphatic heterocycles. The highest BCUT2D eigenvalue weighted by molar-refractivity contribution is 5.27. The second-order valence-electron chi connectivity index (χ2n) is 7.44. The van der Waals surface area contributed by atoms with Crippen LogP contribution in [-0.2, 0) is 6.42 Å². The highest BCUT2D eigenvalue weighted by atomic mass is 16.5. The second-order valence-corrected chi connectivity index (χ2v) is 7.44. The number of hydrogen-bond donors (Lipinski definition) is 0. The van der Waals surface area contributed by atoms with E-state index < -0.39 is 0 Å². The van der Waals surface area contributed by atoms with Crippen molar-refractivity contribution >= 4 is 0 Å². The fraction of sp³-hybridized carbons (Fsp3) is 0.476. The Balaban J connectivity index is 1.82. The lowest BCUT2D eigenvalue weighted by molar-refractivity contribution is 0.165. The first kappa shape index (κ1) is 18.3. The maximum Gasteiger partial charge on any atom is 0.213 e. The Labute approximate surface area is 146 Å². The van der Waals surface area contributed by atoms with Gasteiger partial charge in [-0.1, -0.05) is 32.0 Å². The van der Waals surface area contributed by atoms with Crippen LogP contribution in [0.15, 0.2) is 42.6 Å². The van der Waals surface area contributed by atoms with Crippen LogP contribution in [-0.4, -0.2) is 17.7 Å². The molecule has 130 valence electrons. The van der Waals surface area contributed by atoms with Crippen LogP contribution in [0.25, 0.3) is 0 Å². The Bertz CT molecular complexity index is 615. The molecule has 2 rings (SSSR count). The van der Waals surface area contributed by atoms with Crippen molar-refractivity contribution in [3.8, 4) is 11.6 Å². The molecule has 1 aromatic carbocycles. The minimum Gasteiger partial charge on any atom is -0.491 e. The largest absolute Gasteiger partial charge is 0.491 e. The minimum atomic E-state index is 0.0969. The van der Waals surface area contributed by atoms with Crippen LogP contribution in [0.1, 0.15) is 45.2 Å². The summed E-state index contributed by atoms with van der Waals surface area (Å²) in [5, 5.41) is 0. The Kier molecular flexibility index (Phi) is 6.24. The summed E-state index contributed by atoms with van der Waals surface area (Å²) in [5.74, 6) is 1.63. The van der Waals surface area contributed by atoms with Crippen molar-refractivity contribution in [1.29, 1.82) is 0 Å². The minimum absolute atomic E-state index is 0.0969. The van der Waals surface area contributed by atoms with Crippen molar-refractivity contribution in [2.75, 3.05) is 6.61 Å². The van der Waals surface area contributed by atoms with Gasteiger partial charge in [0.05, 0.1) is 12.7 Å². The first-order chi connectivity index (χ1) is 11.3. The van der Waals surface area contributed by atoms with Crippen LogP contribution >= 0.6 is 0 Å². The van der Waals surface area contributed by atoms with Crippen LogP contribution in [0.5, 0.6) is 11.6 Å². The molecule has 0 unspecified atom stereocenters. The predicted octanol–water partition coefficient (Wildman–Crippen LogP) is 5.22. The van der Waals surface area contributed by atoms with E-state index >= 15 is 0 Å². The summed E-state index contributed by atoms with van der Waals surface area (Å²) in [4.78, 5) is 4.30. The summed E-state index contributed by atoms with van der Waals surface area (Å²) >= 11 is 0. The predicted molar refractivity (Wildman–Crippen MR) is 98.8 cm³/mol. The van der Waals surface area contributed by atoms with Gasteiger partial charge in [0.25, 0.3) is 0 Å². The number of hydrogen-bond acceptors (Lipinski definition) is 3. The summed E-state index contributed by atoms with van der Waals surface area (Å²) in [6, 6.07) is 12.4. The Hall–Kier alpha value is -2.03. The average Bonchev–Trinajstić information content (AvgIpc) is 2.53. The standard InChI is InChI=1S/C21H29NO2/c1-16(2)24-19-9-7-18(8-10-19)12-13-21(4,5)15-23-20-11-6-17(3)14-22-20/h6-11,14,16H,12-13,15H2,1-5H3. The molecule has 0 amide bonds. The third-order valence-corrected chi connectivity index (χ3v) is 3.88. The number of nitrogens with zero attached hydrogens (tertiary/aromatic N) is 1. The molecule has 3 heteroatoms. The first-order valence-electron chi connectivity index (χ1n) is 8.65. The lowest BCUT2D eigenvalue weighted by Crippen LogP contribution is -2.22. The highest BCUT2D eigenvalue weighted by Crippen LogP contribution is 2.25. The molecular formula is C21H29NO2. The second kappa shape index (κ2) is 8.18. The molecule has 0 bridgehead atoms. The summed E-state index contributed by atoms with van der Waals surface area (Å²) in [5.41, 5.74) is 2.57. The van der Waals surface area contributed by atoms with Crippen molar-refractivity contribution in [2.45, 2.75) is 53.6 Å². The highest BCUT2D eigenvalue weighted by Gasteiger charge is 2.19. The van der Waals surface area contributed by atoms with Gasteiger partial charge >= 0.3 is 0 Å². The van der Waals surface area contributed by atoms with Gasteiger partial charge in [0.1, 0.15) is 5.75 Å². The van der Waals surface area contributed by atoms with E-state index in [1.54, 1.807) is 0 Å². The first-order valence-corrected chi connectivity index (χ1v) is 8.65.